The largest absolute Gasteiger partial charge is 0.480 e. The van der Waals surface area contributed by atoms with E-state index in [1.807, 2.05) is 6.92 Å². The first-order valence-corrected chi connectivity index (χ1v) is 5.61. The van der Waals surface area contributed by atoms with Crippen molar-refractivity contribution in [2.75, 3.05) is 6.54 Å². The van der Waals surface area contributed by atoms with Gasteiger partial charge in [0.2, 0.25) is 5.91 Å². The maximum atomic E-state index is 11.9. The standard InChI is InChI=1S/C11H20N2O3/c1-7-6-8(4-5-12-7)9(14)13-11(2,3)10(15)16/h7-8,12H,4-6H2,1-3H3,(H,13,14)(H,15,16). The Kier molecular flexibility index (Phi) is 3.91. The topological polar surface area (TPSA) is 78.4 Å². The second-order valence-electron chi connectivity index (χ2n) is 5.00. The lowest BCUT2D eigenvalue weighted by Crippen LogP contribution is -2.53. The molecule has 1 rings (SSSR count). The van der Waals surface area contributed by atoms with Crippen LogP contribution >= 0.6 is 0 Å². The molecule has 5 heteroatoms. The Morgan fingerprint density at radius 2 is 2.06 bits per heavy atom. The van der Waals surface area contributed by atoms with Crippen molar-refractivity contribution in [2.45, 2.75) is 45.2 Å². The van der Waals surface area contributed by atoms with E-state index in [0.717, 1.165) is 19.4 Å². The highest BCUT2D eigenvalue weighted by Gasteiger charge is 2.33. The van der Waals surface area contributed by atoms with Crippen LogP contribution in [0.15, 0.2) is 0 Å². The van der Waals surface area contributed by atoms with Crippen molar-refractivity contribution >= 4 is 11.9 Å². The van der Waals surface area contributed by atoms with E-state index in [1.54, 1.807) is 0 Å². The molecule has 1 fully saturated rings. The van der Waals surface area contributed by atoms with Crippen LogP contribution in [0.3, 0.4) is 0 Å². The second kappa shape index (κ2) is 4.82. The molecule has 1 saturated heterocycles. The summed E-state index contributed by atoms with van der Waals surface area (Å²) >= 11 is 0. The van der Waals surface area contributed by atoms with Crippen molar-refractivity contribution in [1.29, 1.82) is 0 Å². The first kappa shape index (κ1) is 13.0. The molecule has 2 atom stereocenters. The maximum Gasteiger partial charge on any atom is 0.328 e. The van der Waals surface area contributed by atoms with Crippen LogP contribution in [0.2, 0.25) is 0 Å². The lowest BCUT2D eigenvalue weighted by Gasteiger charge is -2.30. The maximum absolute atomic E-state index is 11.9. The minimum atomic E-state index is -1.19. The van der Waals surface area contributed by atoms with E-state index in [0.29, 0.717) is 6.04 Å². The predicted octanol–water partition coefficient (Wildman–Crippen LogP) is 0.354. The summed E-state index contributed by atoms with van der Waals surface area (Å²) in [4.78, 5) is 22.7. The molecule has 0 radical (unpaired) electrons. The van der Waals surface area contributed by atoms with E-state index in [4.69, 9.17) is 5.11 Å². The molecule has 0 aromatic carbocycles. The molecule has 0 aliphatic carbocycles. The molecule has 1 amide bonds. The zero-order valence-corrected chi connectivity index (χ0v) is 10.0. The molecule has 2 unspecified atom stereocenters. The van der Waals surface area contributed by atoms with Gasteiger partial charge in [0, 0.05) is 12.0 Å². The summed E-state index contributed by atoms with van der Waals surface area (Å²) in [6.07, 6.45) is 1.54. The van der Waals surface area contributed by atoms with Gasteiger partial charge in [-0.15, -0.1) is 0 Å². The molecule has 0 bridgehead atoms. The minimum absolute atomic E-state index is 0.0742. The smallest absolute Gasteiger partial charge is 0.328 e. The predicted molar refractivity (Wildman–Crippen MR) is 60.0 cm³/mol. The van der Waals surface area contributed by atoms with Crippen LogP contribution in [0.5, 0.6) is 0 Å². The molecule has 0 spiro atoms. The Balaban J connectivity index is 2.55. The highest BCUT2D eigenvalue weighted by Crippen LogP contribution is 2.17. The lowest BCUT2D eigenvalue weighted by atomic mass is 9.91. The van der Waals surface area contributed by atoms with Gasteiger partial charge in [0.05, 0.1) is 0 Å². The monoisotopic (exact) mass is 228 g/mol. The van der Waals surface area contributed by atoms with Gasteiger partial charge in [0.25, 0.3) is 0 Å². The van der Waals surface area contributed by atoms with Gasteiger partial charge < -0.3 is 15.7 Å². The average Bonchev–Trinajstić information content (AvgIpc) is 2.16. The van der Waals surface area contributed by atoms with E-state index >= 15 is 0 Å². The number of piperidine rings is 1. The number of amides is 1. The van der Waals surface area contributed by atoms with Crippen LogP contribution in [0.4, 0.5) is 0 Å². The van der Waals surface area contributed by atoms with Crippen LogP contribution in [0, 0.1) is 5.92 Å². The molecule has 16 heavy (non-hydrogen) atoms. The number of rotatable bonds is 3. The van der Waals surface area contributed by atoms with E-state index in [1.165, 1.54) is 13.8 Å². The van der Waals surface area contributed by atoms with Crippen molar-refractivity contribution in [2.24, 2.45) is 5.92 Å². The zero-order valence-electron chi connectivity index (χ0n) is 10.0. The number of nitrogens with one attached hydrogen (secondary N) is 2. The fourth-order valence-electron chi connectivity index (χ4n) is 1.83. The average molecular weight is 228 g/mol. The van der Waals surface area contributed by atoms with E-state index in [2.05, 4.69) is 10.6 Å². The van der Waals surface area contributed by atoms with Crippen LogP contribution in [-0.4, -0.2) is 35.1 Å². The highest BCUT2D eigenvalue weighted by atomic mass is 16.4. The normalized spacial score (nSPS) is 26.2. The molecule has 1 heterocycles. The summed E-state index contributed by atoms with van der Waals surface area (Å²) in [6.45, 7) is 5.84. The molecule has 3 N–H and O–H groups in total. The fourth-order valence-corrected chi connectivity index (χ4v) is 1.83. The molecular weight excluding hydrogens is 208 g/mol. The number of aliphatic carboxylic acids is 1. The number of carboxylic acid groups (broad SMARTS) is 1. The van der Waals surface area contributed by atoms with Gasteiger partial charge in [-0.2, -0.15) is 0 Å². The van der Waals surface area contributed by atoms with Crippen molar-refractivity contribution in [3.63, 3.8) is 0 Å². The summed E-state index contributed by atoms with van der Waals surface area (Å²) < 4.78 is 0. The van der Waals surface area contributed by atoms with Gasteiger partial charge in [-0.25, -0.2) is 4.79 Å². The van der Waals surface area contributed by atoms with Gasteiger partial charge in [-0.1, -0.05) is 0 Å². The Hall–Kier alpha value is -1.10. The van der Waals surface area contributed by atoms with Crippen molar-refractivity contribution in [3.05, 3.63) is 0 Å². The van der Waals surface area contributed by atoms with Gasteiger partial charge in [0.1, 0.15) is 5.54 Å². The Labute approximate surface area is 95.6 Å². The Morgan fingerprint density at radius 3 is 2.56 bits per heavy atom. The summed E-state index contributed by atoms with van der Waals surface area (Å²) in [5.74, 6) is -1.24. The number of hydrogen-bond acceptors (Lipinski definition) is 3. The third-order valence-corrected chi connectivity index (χ3v) is 2.96. The van der Waals surface area contributed by atoms with E-state index < -0.39 is 11.5 Å². The third kappa shape index (κ3) is 3.20. The van der Waals surface area contributed by atoms with Crippen LogP contribution in [-0.2, 0) is 9.59 Å². The van der Waals surface area contributed by atoms with Crippen LogP contribution < -0.4 is 10.6 Å². The fraction of sp³-hybridized carbons (Fsp3) is 0.818. The lowest BCUT2D eigenvalue weighted by molar-refractivity contribution is -0.146. The quantitative estimate of drug-likeness (QED) is 0.651. The van der Waals surface area contributed by atoms with E-state index in [-0.39, 0.29) is 11.8 Å². The number of hydrogen-bond donors (Lipinski definition) is 3. The third-order valence-electron chi connectivity index (χ3n) is 2.96. The summed E-state index contributed by atoms with van der Waals surface area (Å²) in [7, 11) is 0. The molecule has 0 saturated carbocycles. The second-order valence-corrected chi connectivity index (χ2v) is 5.00. The molecule has 5 nitrogen and oxygen atoms in total. The number of carboxylic acids is 1. The van der Waals surface area contributed by atoms with Gasteiger partial charge in [-0.05, 0) is 40.2 Å². The number of carbonyl (C=O) groups is 2. The minimum Gasteiger partial charge on any atom is -0.480 e. The summed E-state index contributed by atoms with van der Waals surface area (Å²) in [6, 6.07) is 0.317. The molecule has 1 aliphatic rings. The van der Waals surface area contributed by atoms with Crippen LogP contribution in [0.1, 0.15) is 33.6 Å². The Bertz CT molecular complexity index is 289. The van der Waals surface area contributed by atoms with Crippen molar-refractivity contribution in [1.82, 2.24) is 10.6 Å². The molecule has 0 aromatic heterocycles. The SMILES string of the molecule is CC1CC(C(=O)NC(C)(C)C(=O)O)CCN1. The van der Waals surface area contributed by atoms with Gasteiger partial charge in [0.15, 0.2) is 0 Å². The number of carbonyl (C=O) groups excluding carboxylic acids is 1. The molecule has 92 valence electrons. The van der Waals surface area contributed by atoms with Gasteiger partial charge >= 0.3 is 5.97 Å². The van der Waals surface area contributed by atoms with E-state index in [9.17, 15) is 9.59 Å². The summed E-state index contributed by atoms with van der Waals surface area (Å²) in [5, 5.41) is 14.7. The first-order valence-electron chi connectivity index (χ1n) is 5.61. The van der Waals surface area contributed by atoms with Crippen molar-refractivity contribution < 1.29 is 14.7 Å². The molecule has 0 aromatic rings. The Morgan fingerprint density at radius 1 is 1.44 bits per heavy atom. The van der Waals surface area contributed by atoms with Crippen molar-refractivity contribution in [3.8, 4) is 0 Å². The zero-order chi connectivity index (χ0) is 12.3. The molecule has 1 aliphatic heterocycles. The van der Waals surface area contributed by atoms with Crippen LogP contribution in [0.25, 0.3) is 0 Å². The van der Waals surface area contributed by atoms with Gasteiger partial charge in [-0.3, -0.25) is 4.79 Å². The first-order chi connectivity index (χ1) is 7.33. The molecular formula is C11H20N2O3. The highest BCUT2D eigenvalue weighted by molar-refractivity contribution is 5.87. The summed E-state index contributed by atoms with van der Waals surface area (Å²) in [5.41, 5.74) is -1.19.